The summed E-state index contributed by atoms with van der Waals surface area (Å²) >= 11 is 1.30. The van der Waals surface area contributed by atoms with E-state index in [1.165, 1.54) is 23.6 Å². The van der Waals surface area contributed by atoms with Crippen LogP contribution in [-0.4, -0.2) is 22.8 Å². The molecule has 2 aromatic rings. The minimum atomic E-state index is -0.491. The zero-order valence-corrected chi connectivity index (χ0v) is 13.9. The number of carbonyl (C=O) groups excluding carboxylic acids is 3. The van der Waals surface area contributed by atoms with Gasteiger partial charge in [0.25, 0.3) is 0 Å². The van der Waals surface area contributed by atoms with Crippen molar-refractivity contribution in [2.75, 3.05) is 10.6 Å². The van der Waals surface area contributed by atoms with Gasteiger partial charge >= 0.3 is 0 Å². The highest BCUT2D eigenvalue weighted by atomic mass is 32.2. The number of nitrogen functional groups attached to an aromatic ring is 1. The Morgan fingerprint density at radius 1 is 1.12 bits per heavy atom. The Kier molecular flexibility index (Phi) is 4.40. The summed E-state index contributed by atoms with van der Waals surface area (Å²) in [6.45, 7) is 1.47. The van der Waals surface area contributed by atoms with Crippen LogP contribution in [0.25, 0.3) is 0 Å². The van der Waals surface area contributed by atoms with Crippen LogP contribution in [0, 0.1) is 0 Å². The number of nitrogens with zero attached hydrogens (tertiary/aromatic N) is 1. The Bertz CT molecular complexity index is 817. The lowest BCUT2D eigenvalue weighted by Gasteiger charge is -2.15. The molecule has 1 aliphatic rings. The van der Waals surface area contributed by atoms with Gasteiger partial charge in [0.1, 0.15) is 0 Å². The zero-order valence-electron chi connectivity index (χ0n) is 13.1. The molecule has 24 heavy (non-hydrogen) atoms. The van der Waals surface area contributed by atoms with E-state index < -0.39 is 5.25 Å². The van der Waals surface area contributed by atoms with Crippen LogP contribution in [0.15, 0.2) is 53.4 Å². The number of para-hydroxylation sites is 1. The minimum absolute atomic E-state index is 0.0615. The smallest absolute Gasteiger partial charge is 0.247 e. The number of hydrogen-bond acceptors (Lipinski definition) is 5. The number of rotatable bonds is 4. The highest BCUT2D eigenvalue weighted by Crippen LogP contribution is 2.36. The Morgan fingerprint density at radius 2 is 1.79 bits per heavy atom. The van der Waals surface area contributed by atoms with Crippen molar-refractivity contribution >= 4 is 40.7 Å². The van der Waals surface area contributed by atoms with Gasteiger partial charge in [0.2, 0.25) is 11.8 Å². The first-order valence-corrected chi connectivity index (χ1v) is 8.34. The van der Waals surface area contributed by atoms with E-state index in [-0.39, 0.29) is 24.0 Å². The molecule has 2 amide bonds. The average molecular weight is 340 g/mol. The molecule has 0 aromatic heterocycles. The third kappa shape index (κ3) is 3.05. The van der Waals surface area contributed by atoms with Gasteiger partial charge in [-0.2, -0.15) is 0 Å². The lowest BCUT2D eigenvalue weighted by Crippen LogP contribution is -2.31. The monoisotopic (exact) mass is 340 g/mol. The Labute approximate surface area is 143 Å². The first kappa shape index (κ1) is 16.3. The van der Waals surface area contributed by atoms with Gasteiger partial charge < -0.3 is 5.73 Å². The van der Waals surface area contributed by atoms with E-state index in [9.17, 15) is 14.4 Å². The number of ketones is 1. The van der Waals surface area contributed by atoms with Crippen molar-refractivity contribution in [1.82, 2.24) is 0 Å². The van der Waals surface area contributed by atoms with Crippen LogP contribution >= 0.6 is 11.8 Å². The molecule has 3 rings (SSSR count). The number of anilines is 2. The Hall–Kier alpha value is -2.60. The van der Waals surface area contributed by atoms with Crippen molar-refractivity contribution in [1.29, 1.82) is 0 Å². The maximum atomic E-state index is 12.6. The molecule has 0 aliphatic carbocycles. The second-order valence-electron chi connectivity index (χ2n) is 5.52. The number of nitrogens with two attached hydrogens (primary N) is 1. The number of carbonyl (C=O) groups is 3. The summed E-state index contributed by atoms with van der Waals surface area (Å²) in [6, 6.07) is 13.8. The largest absolute Gasteiger partial charge is 0.398 e. The molecule has 2 aromatic carbocycles. The molecular weight excluding hydrogens is 324 g/mol. The Morgan fingerprint density at radius 3 is 2.42 bits per heavy atom. The highest BCUT2D eigenvalue weighted by molar-refractivity contribution is 8.00. The fraction of sp³-hybridized carbons (Fsp3) is 0.167. The maximum absolute atomic E-state index is 12.6. The summed E-state index contributed by atoms with van der Waals surface area (Å²) in [4.78, 5) is 38.2. The second kappa shape index (κ2) is 6.49. The quantitative estimate of drug-likeness (QED) is 0.526. The molecule has 0 saturated carbocycles. The predicted molar refractivity (Wildman–Crippen MR) is 94.1 cm³/mol. The second-order valence-corrected chi connectivity index (χ2v) is 6.76. The first-order valence-electron chi connectivity index (χ1n) is 7.46. The molecule has 1 aliphatic heterocycles. The fourth-order valence-electron chi connectivity index (χ4n) is 2.55. The van der Waals surface area contributed by atoms with Gasteiger partial charge in [-0.3, -0.25) is 14.4 Å². The van der Waals surface area contributed by atoms with E-state index in [2.05, 4.69) is 0 Å². The third-order valence-electron chi connectivity index (χ3n) is 3.83. The number of amides is 2. The van der Waals surface area contributed by atoms with E-state index >= 15 is 0 Å². The first-order chi connectivity index (χ1) is 11.5. The molecule has 0 radical (unpaired) electrons. The van der Waals surface area contributed by atoms with Crippen LogP contribution < -0.4 is 10.6 Å². The van der Waals surface area contributed by atoms with Crippen molar-refractivity contribution in [3.8, 4) is 0 Å². The van der Waals surface area contributed by atoms with Gasteiger partial charge in [0.05, 0.1) is 10.9 Å². The molecule has 0 bridgehead atoms. The van der Waals surface area contributed by atoms with Gasteiger partial charge in [-0.05, 0) is 43.3 Å². The van der Waals surface area contributed by atoms with E-state index in [4.69, 9.17) is 5.73 Å². The molecule has 1 saturated heterocycles. The lowest BCUT2D eigenvalue weighted by atomic mass is 10.1. The van der Waals surface area contributed by atoms with E-state index in [1.807, 2.05) is 18.2 Å². The van der Waals surface area contributed by atoms with Crippen molar-refractivity contribution in [2.45, 2.75) is 23.5 Å². The number of benzene rings is 2. The molecule has 2 N–H and O–H groups in total. The zero-order chi connectivity index (χ0) is 17.3. The highest BCUT2D eigenvalue weighted by Gasteiger charge is 2.40. The number of Topliss-reactive ketones (excluding diaryl/α,β-unsaturated/α-hetero) is 1. The molecule has 1 heterocycles. The van der Waals surface area contributed by atoms with Gasteiger partial charge in [-0.1, -0.05) is 12.1 Å². The summed E-state index contributed by atoms with van der Waals surface area (Å²) in [7, 11) is 0. The summed E-state index contributed by atoms with van der Waals surface area (Å²) in [6.07, 6.45) is 0.131. The molecule has 0 spiro atoms. The molecule has 6 heteroatoms. The van der Waals surface area contributed by atoms with E-state index in [1.54, 1.807) is 30.3 Å². The van der Waals surface area contributed by atoms with Crippen molar-refractivity contribution in [2.24, 2.45) is 0 Å². The molecule has 1 fully saturated rings. The van der Waals surface area contributed by atoms with Crippen molar-refractivity contribution in [3.05, 3.63) is 54.1 Å². The summed E-state index contributed by atoms with van der Waals surface area (Å²) < 4.78 is 0. The lowest BCUT2D eigenvalue weighted by molar-refractivity contribution is -0.121. The topological polar surface area (TPSA) is 80.5 Å². The van der Waals surface area contributed by atoms with Gasteiger partial charge in [0, 0.05) is 22.6 Å². The molecular formula is C18H16N2O3S. The van der Waals surface area contributed by atoms with Gasteiger partial charge in [-0.15, -0.1) is 11.8 Å². The summed E-state index contributed by atoms with van der Waals surface area (Å²) in [5.41, 5.74) is 7.52. The number of thioether (sulfide) groups is 1. The third-order valence-corrected chi connectivity index (χ3v) is 5.10. The van der Waals surface area contributed by atoms with Gasteiger partial charge in [0.15, 0.2) is 5.78 Å². The molecule has 1 atom stereocenters. The van der Waals surface area contributed by atoms with Crippen molar-refractivity contribution < 1.29 is 14.4 Å². The average Bonchev–Trinajstić information content (AvgIpc) is 2.84. The number of hydrogen-bond donors (Lipinski definition) is 1. The van der Waals surface area contributed by atoms with Crippen LogP contribution in [0.4, 0.5) is 11.4 Å². The minimum Gasteiger partial charge on any atom is -0.398 e. The normalized spacial score (nSPS) is 17.4. The van der Waals surface area contributed by atoms with Crippen LogP contribution in [0.2, 0.25) is 0 Å². The standard InChI is InChI=1S/C18H16N2O3S/c1-11(21)12-6-8-13(9-7-12)20-17(22)10-16(18(20)23)24-15-5-3-2-4-14(15)19/h2-9,16H,10,19H2,1H3. The molecule has 5 nitrogen and oxygen atoms in total. The Balaban J connectivity index is 1.81. The molecule has 122 valence electrons. The maximum Gasteiger partial charge on any atom is 0.247 e. The predicted octanol–water partition coefficient (Wildman–Crippen LogP) is 2.90. The molecule has 1 unspecified atom stereocenters. The fourth-order valence-corrected chi connectivity index (χ4v) is 3.65. The summed E-state index contributed by atoms with van der Waals surface area (Å²) in [5, 5.41) is -0.491. The SMILES string of the molecule is CC(=O)c1ccc(N2C(=O)CC(Sc3ccccc3N)C2=O)cc1. The van der Waals surface area contributed by atoms with Crippen molar-refractivity contribution in [3.63, 3.8) is 0 Å². The summed E-state index contributed by atoms with van der Waals surface area (Å²) in [5.74, 6) is -0.569. The van der Waals surface area contributed by atoms with Crippen LogP contribution in [0.5, 0.6) is 0 Å². The van der Waals surface area contributed by atoms with Crippen LogP contribution in [0.1, 0.15) is 23.7 Å². The van der Waals surface area contributed by atoms with Crippen LogP contribution in [0.3, 0.4) is 0 Å². The number of imide groups is 1. The van der Waals surface area contributed by atoms with E-state index in [0.717, 1.165) is 4.90 Å². The van der Waals surface area contributed by atoms with Crippen LogP contribution in [-0.2, 0) is 9.59 Å². The van der Waals surface area contributed by atoms with Gasteiger partial charge in [-0.25, -0.2) is 4.90 Å². The van der Waals surface area contributed by atoms with E-state index in [0.29, 0.717) is 16.9 Å².